The molecule has 0 saturated carbocycles. The van der Waals surface area contributed by atoms with E-state index in [4.69, 9.17) is 10.8 Å². The van der Waals surface area contributed by atoms with Gasteiger partial charge in [0.1, 0.15) is 5.82 Å². The van der Waals surface area contributed by atoms with Crippen molar-refractivity contribution in [3.8, 4) is 0 Å². The third-order valence-corrected chi connectivity index (χ3v) is 2.60. The predicted molar refractivity (Wildman–Crippen MR) is 62.7 cm³/mol. The van der Waals surface area contributed by atoms with Crippen molar-refractivity contribution in [3.63, 3.8) is 0 Å². The third kappa shape index (κ3) is 5.54. The molecular weight excluding hydrogens is 264 g/mol. The highest BCUT2D eigenvalue weighted by Crippen LogP contribution is 2.19. The molecule has 108 valence electrons. The second-order valence-corrected chi connectivity index (χ2v) is 4.17. The van der Waals surface area contributed by atoms with Crippen LogP contribution in [-0.4, -0.2) is 35.9 Å². The van der Waals surface area contributed by atoms with Crippen LogP contribution in [0.1, 0.15) is 11.1 Å². The summed E-state index contributed by atoms with van der Waals surface area (Å²) < 4.78 is 50.2. The molecule has 0 amide bonds. The topological polar surface area (TPSA) is 49.5 Å². The summed E-state index contributed by atoms with van der Waals surface area (Å²) in [6.45, 7) is -1.68. The molecule has 0 aliphatic rings. The van der Waals surface area contributed by atoms with Gasteiger partial charge in [-0.3, -0.25) is 4.90 Å². The second kappa shape index (κ2) is 6.83. The van der Waals surface area contributed by atoms with E-state index in [1.54, 1.807) is 0 Å². The highest BCUT2D eigenvalue weighted by Gasteiger charge is 2.30. The SMILES string of the molecule is NCc1ccc(F)cc1CN(CCO)CC(F)(F)F. The number of hydrogen-bond donors (Lipinski definition) is 2. The molecule has 1 aromatic rings. The molecule has 0 aromatic heterocycles. The lowest BCUT2D eigenvalue weighted by Gasteiger charge is -2.23. The second-order valence-electron chi connectivity index (χ2n) is 4.17. The highest BCUT2D eigenvalue weighted by atomic mass is 19.4. The van der Waals surface area contributed by atoms with Crippen molar-refractivity contribution in [1.82, 2.24) is 4.90 Å². The van der Waals surface area contributed by atoms with E-state index in [2.05, 4.69) is 0 Å². The Morgan fingerprint density at radius 2 is 1.89 bits per heavy atom. The summed E-state index contributed by atoms with van der Waals surface area (Å²) in [5.74, 6) is -0.525. The first-order valence-corrected chi connectivity index (χ1v) is 5.73. The van der Waals surface area contributed by atoms with Crippen LogP contribution in [0.25, 0.3) is 0 Å². The van der Waals surface area contributed by atoms with Crippen LogP contribution in [0.2, 0.25) is 0 Å². The van der Waals surface area contributed by atoms with Crippen molar-refractivity contribution >= 4 is 0 Å². The molecule has 0 heterocycles. The van der Waals surface area contributed by atoms with Crippen molar-refractivity contribution in [2.75, 3.05) is 19.7 Å². The van der Waals surface area contributed by atoms with Crippen molar-refractivity contribution in [3.05, 3.63) is 35.1 Å². The molecule has 7 heteroatoms. The summed E-state index contributed by atoms with van der Waals surface area (Å²) in [5.41, 5.74) is 6.46. The van der Waals surface area contributed by atoms with Crippen LogP contribution >= 0.6 is 0 Å². The number of nitrogens with zero attached hydrogens (tertiary/aromatic N) is 1. The van der Waals surface area contributed by atoms with Gasteiger partial charge < -0.3 is 10.8 Å². The van der Waals surface area contributed by atoms with Gasteiger partial charge >= 0.3 is 6.18 Å². The van der Waals surface area contributed by atoms with E-state index in [-0.39, 0.29) is 19.6 Å². The predicted octanol–water partition coefficient (Wildman–Crippen LogP) is 1.64. The number of rotatable bonds is 6. The van der Waals surface area contributed by atoms with Crippen LogP contribution in [0.15, 0.2) is 18.2 Å². The molecular formula is C12H16F4N2O. The van der Waals surface area contributed by atoms with Crippen LogP contribution in [-0.2, 0) is 13.1 Å². The van der Waals surface area contributed by atoms with Gasteiger partial charge in [-0.2, -0.15) is 13.2 Å². The first kappa shape index (κ1) is 15.9. The van der Waals surface area contributed by atoms with Crippen molar-refractivity contribution in [1.29, 1.82) is 0 Å². The van der Waals surface area contributed by atoms with E-state index in [0.29, 0.717) is 11.1 Å². The van der Waals surface area contributed by atoms with Gasteiger partial charge in [-0.15, -0.1) is 0 Å². The van der Waals surface area contributed by atoms with Crippen LogP contribution in [0, 0.1) is 5.82 Å². The quantitative estimate of drug-likeness (QED) is 0.779. The maximum absolute atomic E-state index is 13.1. The van der Waals surface area contributed by atoms with Crippen LogP contribution < -0.4 is 5.73 Å². The molecule has 0 radical (unpaired) electrons. The zero-order chi connectivity index (χ0) is 14.5. The van der Waals surface area contributed by atoms with Gasteiger partial charge in [-0.25, -0.2) is 4.39 Å². The molecule has 0 saturated heterocycles. The summed E-state index contributed by atoms with van der Waals surface area (Å²) >= 11 is 0. The fourth-order valence-electron chi connectivity index (χ4n) is 1.79. The Morgan fingerprint density at radius 1 is 1.21 bits per heavy atom. The van der Waals surface area contributed by atoms with Gasteiger partial charge in [0.05, 0.1) is 13.2 Å². The van der Waals surface area contributed by atoms with E-state index in [1.165, 1.54) is 18.2 Å². The molecule has 19 heavy (non-hydrogen) atoms. The Hall–Kier alpha value is -1.18. The highest BCUT2D eigenvalue weighted by molar-refractivity contribution is 5.27. The molecule has 0 unspecified atom stereocenters. The first-order valence-electron chi connectivity index (χ1n) is 5.73. The Morgan fingerprint density at radius 3 is 2.42 bits per heavy atom. The van der Waals surface area contributed by atoms with Gasteiger partial charge in [-0.1, -0.05) is 6.07 Å². The summed E-state index contributed by atoms with van der Waals surface area (Å²) in [7, 11) is 0. The van der Waals surface area contributed by atoms with Gasteiger partial charge in [0.25, 0.3) is 0 Å². The molecule has 3 N–H and O–H groups in total. The molecule has 0 aliphatic heterocycles. The molecule has 1 rings (SSSR count). The van der Waals surface area contributed by atoms with Gasteiger partial charge in [0.15, 0.2) is 0 Å². The van der Waals surface area contributed by atoms with Crippen molar-refractivity contribution < 1.29 is 22.7 Å². The Bertz CT molecular complexity index is 409. The zero-order valence-corrected chi connectivity index (χ0v) is 10.3. The number of halogens is 4. The average molecular weight is 280 g/mol. The minimum absolute atomic E-state index is 0.107. The Labute approximate surface area is 108 Å². The number of aliphatic hydroxyl groups is 1. The lowest BCUT2D eigenvalue weighted by Crippen LogP contribution is -2.36. The molecule has 0 bridgehead atoms. The standard InChI is InChI=1S/C12H16F4N2O/c13-11-2-1-9(6-17)10(5-11)7-18(3-4-19)8-12(14,15)16/h1-2,5,19H,3-4,6-8,17H2. The maximum Gasteiger partial charge on any atom is 0.401 e. The molecule has 0 atom stereocenters. The zero-order valence-electron chi connectivity index (χ0n) is 10.3. The van der Waals surface area contributed by atoms with E-state index in [0.717, 1.165) is 4.90 Å². The molecule has 0 spiro atoms. The minimum atomic E-state index is -4.37. The lowest BCUT2D eigenvalue weighted by atomic mass is 10.1. The summed E-state index contributed by atoms with van der Waals surface area (Å²) in [6.07, 6.45) is -4.37. The first-order chi connectivity index (χ1) is 8.85. The van der Waals surface area contributed by atoms with Gasteiger partial charge in [0.2, 0.25) is 0 Å². The lowest BCUT2D eigenvalue weighted by molar-refractivity contribution is -0.148. The molecule has 0 fully saturated rings. The molecule has 1 aromatic carbocycles. The Kier molecular flexibility index (Phi) is 5.71. The maximum atomic E-state index is 13.1. The minimum Gasteiger partial charge on any atom is -0.395 e. The van der Waals surface area contributed by atoms with E-state index < -0.39 is 25.1 Å². The van der Waals surface area contributed by atoms with Crippen LogP contribution in [0.3, 0.4) is 0 Å². The van der Waals surface area contributed by atoms with Crippen molar-refractivity contribution in [2.24, 2.45) is 5.73 Å². The van der Waals surface area contributed by atoms with Crippen LogP contribution in [0.5, 0.6) is 0 Å². The number of benzene rings is 1. The Balaban J connectivity index is 2.86. The molecule has 0 aliphatic carbocycles. The molecule has 3 nitrogen and oxygen atoms in total. The van der Waals surface area contributed by atoms with E-state index in [9.17, 15) is 17.6 Å². The summed E-state index contributed by atoms with van der Waals surface area (Å²) in [4.78, 5) is 1.01. The number of hydrogen-bond acceptors (Lipinski definition) is 3. The fourth-order valence-corrected chi connectivity index (χ4v) is 1.79. The number of alkyl halides is 3. The summed E-state index contributed by atoms with van der Waals surface area (Å²) in [5, 5.41) is 8.78. The average Bonchev–Trinajstić information content (AvgIpc) is 2.27. The fraction of sp³-hybridized carbons (Fsp3) is 0.500. The third-order valence-electron chi connectivity index (χ3n) is 2.60. The summed E-state index contributed by atoms with van der Waals surface area (Å²) in [6, 6.07) is 3.84. The van der Waals surface area contributed by atoms with E-state index in [1.807, 2.05) is 0 Å². The monoisotopic (exact) mass is 280 g/mol. The van der Waals surface area contributed by atoms with Crippen LogP contribution in [0.4, 0.5) is 17.6 Å². The largest absolute Gasteiger partial charge is 0.401 e. The number of aliphatic hydroxyl groups excluding tert-OH is 1. The normalized spacial score (nSPS) is 12.2. The van der Waals surface area contributed by atoms with Crippen molar-refractivity contribution in [2.45, 2.75) is 19.3 Å². The smallest absolute Gasteiger partial charge is 0.395 e. The van der Waals surface area contributed by atoms with E-state index >= 15 is 0 Å². The number of nitrogens with two attached hydrogens (primary N) is 1. The van der Waals surface area contributed by atoms with Gasteiger partial charge in [-0.05, 0) is 23.3 Å². The van der Waals surface area contributed by atoms with Gasteiger partial charge in [0, 0.05) is 19.6 Å².